The SMILES string of the molecule is CN(C)CCN(Cc1ccccc1F)C(=O)Nc1cccc(Cl)c1. The molecule has 128 valence electrons. The van der Waals surface area contributed by atoms with Crippen LogP contribution in [0.25, 0.3) is 0 Å². The maximum Gasteiger partial charge on any atom is 0.322 e. The van der Waals surface area contributed by atoms with Gasteiger partial charge < -0.3 is 15.1 Å². The van der Waals surface area contributed by atoms with Gasteiger partial charge in [0.1, 0.15) is 5.82 Å². The van der Waals surface area contributed by atoms with Gasteiger partial charge in [0.15, 0.2) is 0 Å². The first kappa shape index (κ1) is 18.2. The molecule has 0 aliphatic carbocycles. The predicted octanol–water partition coefficient (Wildman–Crippen LogP) is 4.07. The third kappa shape index (κ3) is 5.51. The average Bonchev–Trinajstić information content (AvgIpc) is 2.52. The van der Waals surface area contributed by atoms with Crippen LogP contribution in [0.1, 0.15) is 5.56 Å². The van der Waals surface area contributed by atoms with Crippen molar-refractivity contribution in [3.05, 3.63) is 64.9 Å². The summed E-state index contributed by atoms with van der Waals surface area (Å²) in [5, 5.41) is 3.35. The lowest BCUT2D eigenvalue weighted by molar-refractivity contribution is 0.201. The van der Waals surface area contributed by atoms with Gasteiger partial charge in [-0.15, -0.1) is 0 Å². The molecule has 0 bridgehead atoms. The van der Waals surface area contributed by atoms with Crippen molar-refractivity contribution in [2.75, 3.05) is 32.5 Å². The number of hydrogen-bond donors (Lipinski definition) is 1. The molecule has 0 radical (unpaired) electrons. The lowest BCUT2D eigenvalue weighted by Crippen LogP contribution is -2.39. The average molecular weight is 350 g/mol. The highest BCUT2D eigenvalue weighted by Gasteiger charge is 2.16. The van der Waals surface area contributed by atoms with Crippen LogP contribution in [0.15, 0.2) is 48.5 Å². The summed E-state index contributed by atoms with van der Waals surface area (Å²) < 4.78 is 13.9. The van der Waals surface area contributed by atoms with Crippen molar-refractivity contribution in [2.24, 2.45) is 0 Å². The fourth-order valence-electron chi connectivity index (χ4n) is 2.17. The van der Waals surface area contributed by atoms with Gasteiger partial charge in [-0.05, 0) is 38.4 Å². The second-order valence-electron chi connectivity index (χ2n) is 5.76. The molecule has 0 aliphatic rings. The van der Waals surface area contributed by atoms with Crippen LogP contribution in [0.4, 0.5) is 14.9 Å². The van der Waals surface area contributed by atoms with E-state index in [4.69, 9.17) is 11.6 Å². The van der Waals surface area contributed by atoms with Gasteiger partial charge in [0, 0.05) is 29.4 Å². The molecule has 2 rings (SSSR count). The molecular formula is C18H21ClFN3O. The second-order valence-corrected chi connectivity index (χ2v) is 6.19. The van der Waals surface area contributed by atoms with Crippen LogP contribution in [-0.2, 0) is 6.54 Å². The van der Waals surface area contributed by atoms with Crippen LogP contribution in [-0.4, -0.2) is 43.0 Å². The molecule has 0 aromatic heterocycles. The second kappa shape index (κ2) is 8.66. The number of anilines is 1. The Morgan fingerprint density at radius 1 is 1.12 bits per heavy atom. The molecule has 0 fully saturated rings. The van der Waals surface area contributed by atoms with Crippen LogP contribution in [0, 0.1) is 5.82 Å². The number of carbonyl (C=O) groups excluding carboxylic acids is 1. The summed E-state index contributed by atoms with van der Waals surface area (Å²) in [6.45, 7) is 1.36. The van der Waals surface area contributed by atoms with E-state index < -0.39 is 0 Å². The monoisotopic (exact) mass is 349 g/mol. The highest BCUT2D eigenvalue weighted by atomic mass is 35.5. The summed E-state index contributed by atoms with van der Waals surface area (Å²) in [6.07, 6.45) is 0. The van der Waals surface area contributed by atoms with E-state index in [1.54, 1.807) is 47.4 Å². The van der Waals surface area contributed by atoms with Crippen molar-refractivity contribution in [3.63, 3.8) is 0 Å². The first-order valence-electron chi connectivity index (χ1n) is 7.65. The lowest BCUT2D eigenvalue weighted by Gasteiger charge is -2.25. The highest BCUT2D eigenvalue weighted by Crippen LogP contribution is 2.16. The van der Waals surface area contributed by atoms with Gasteiger partial charge in [-0.3, -0.25) is 0 Å². The zero-order valence-corrected chi connectivity index (χ0v) is 14.6. The Morgan fingerprint density at radius 3 is 2.54 bits per heavy atom. The number of urea groups is 1. The van der Waals surface area contributed by atoms with Gasteiger partial charge in [0.05, 0.1) is 6.54 Å². The van der Waals surface area contributed by atoms with Gasteiger partial charge in [-0.25, -0.2) is 9.18 Å². The summed E-state index contributed by atoms with van der Waals surface area (Å²) >= 11 is 5.94. The van der Waals surface area contributed by atoms with E-state index in [0.29, 0.717) is 29.4 Å². The van der Waals surface area contributed by atoms with E-state index in [1.165, 1.54) is 6.07 Å². The number of nitrogens with one attached hydrogen (secondary N) is 1. The van der Waals surface area contributed by atoms with Crippen molar-refractivity contribution >= 4 is 23.3 Å². The molecular weight excluding hydrogens is 329 g/mol. The van der Waals surface area contributed by atoms with E-state index in [0.717, 1.165) is 0 Å². The van der Waals surface area contributed by atoms with Crippen LogP contribution >= 0.6 is 11.6 Å². The van der Waals surface area contributed by atoms with Crippen LogP contribution in [0.5, 0.6) is 0 Å². The van der Waals surface area contributed by atoms with E-state index >= 15 is 0 Å². The largest absolute Gasteiger partial charge is 0.322 e. The molecule has 2 amide bonds. The number of likely N-dealkylation sites (N-methyl/N-ethyl adjacent to an activating group) is 1. The molecule has 2 aromatic carbocycles. The van der Waals surface area contributed by atoms with Gasteiger partial charge >= 0.3 is 6.03 Å². The Hall–Kier alpha value is -2.11. The van der Waals surface area contributed by atoms with Gasteiger partial charge in [0.2, 0.25) is 0 Å². The molecule has 0 unspecified atom stereocenters. The summed E-state index contributed by atoms with van der Waals surface area (Å²) in [4.78, 5) is 16.1. The van der Waals surface area contributed by atoms with Gasteiger partial charge in [0.25, 0.3) is 0 Å². The molecule has 0 heterocycles. The van der Waals surface area contributed by atoms with E-state index in [2.05, 4.69) is 5.32 Å². The molecule has 2 aromatic rings. The highest BCUT2D eigenvalue weighted by molar-refractivity contribution is 6.30. The zero-order chi connectivity index (χ0) is 17.5. The standard InChI is InChI=1S/C18H21ClFN3O/c1-22(2)10-11-23(13-14-6-3-4-9-17(14)20)18(24)21-16-8-5-7-15(19)12-16/h3-9,12H,10-11,13H2,1-2H3,(H,21,24). The Morgan fingerprint density at radius 2 is 1.88 bits per heavy atom. The quantitative estimate of drug-likeness (QED) is 0.853. The molecule has 0 spiro atoms. The summed E-state index contributed by atoms with van der Waals surface area (Å²) in [5.41, 5.74) is 1.09. The molecule has 0 aliphatic heterocycles. The van der Waals surface area contributed by atoms with Gasteiger partial charge in [-0.1, -0.05) is 35.9 Å². The first-order chi connectivity index (χ1) is 11.5. The minimum absolute atomic E-state index is 0.201. The van der Waals surface area contributed by atoms with E-state index in [1.807, 2.05) is 19.0 Å². The lowest BCUT2D eigenvalue weighted by atomic mass is 10.2. The molecule has 4 nitrogen and oxygen atoms in total. The van der Waals surface area contributed by atoms with Gasteiger partial charge in [-0.2, -0.15) is 0 Å². The number of rotatable bonds is 6. The Balaban J connectivity index is 2.12. The van der Waals surface area contributed by atoms with E-state index in [9.17, 15) is 9.18 Å². The summed E-state index contributed by atoms with van der Waals surface area (Å²) in [5.74, 6) is -0.317. The predicted molar refractivity (Wildman–Crippen MR) is 95.8 cm³/mol. The van der Waals surface area contributed by atoms with Crippen LogP contribution < -0.4 is 5.32 Å². The minimum Gasteiger partial charge on any atom is -0.319 e. The molecule has 0 saturated heterocycles. The molecule has 1 N–H and O–H groups in total. The third-order valence-electron chi connectivity index (χ3n) is 3.50. The number of nitrogens with zero attached hydrogens (tertiary/aromatic N) is 2. The third-order valence-corrected chi connectivity index (χ3v) is 3.73. The Kier molecular flexibility index (Phi) is 6.58. The van der Waals surface area contributed by atoms with Crippen molar-refractivity contribution < 1.29 is 9.18 Å². The maximum absolute atomic E-state index is 13.9. The van der Waals surface area contributed by atoms with Crippen LogP contribution in [0.3, 0.4) is 0 Å². The van der Waals surface area contributed by atoms with Crippen molar-refractivity contribution in [3.8, 4) is 0 Å². The van der Waals surface area contributed by atoms with Crippen molar-refractivity contribution in [1.82, 2.24) is 9.80 Å². The molecule has 0 saturated carbocycles. The maximum atomic E-state index is 13.9. The van der Waals surface area contributed by atoms with Crippen molar-refractivity contribution in [1.29, 1.82) is 0 Å². The number of amides is 2. The molecule has 0 atom stereocenters. The summed E-state index contributed by atoms with van der Waals surface area (Å²) in [7, 11) is 3.85. The zero-order valence-electron chi connectivity index (χ0n) is 13.8. The number of halogens is 2. The van der Waals surface area contributed by atoms with Crippen LogP contribution in [0.2, 0.25) is 5.02 Å². The summed E-state index contributed by atoms with van der Waals surface area (Å²) in [6, 6.07) is 13.1. The fraction of sp³-hybridized carbons (Fsp3) is 0.278. The molecule has 6 heteroatoms. The van der Waals surface area contributed by atoms with E-state index in [-0.39, 0.29) is 18.4 Å². The Labute approximate surface area is 146 Å². The smallest absolute Gasteiger partial charge is 0.319 e. The topological polar surface area (TPSA) is 35.6 Å². The number of benzene rings is 2. The Bertz CT molecular complexity index is 693. The molecule has 24 heavy (non-hydrogen) atoms. The normalized spacial score (nSPS) is 10.7. The fourth-order valence-corrected chi connectivity index (χ4v) is 2.36. The number of carbonyl (C=O) groups is 1. The number of hydrogen-bond acceptors (Lipinski definition) is 2. The first-order valence-corrected chi connectivity index (χ1v) is 8.03. The minimum atomic E-state index is -0.317. The van der Waals surface area contributed by atoms with Crippen molar-refractivity contribution in [2.45, 2.75) is 6.54 Å².